The summed E-state index contributed by atoms with van der Waals surface area (Å²) in [4.78, 5) is 16.4. The standard InChI is InChI=1S/C29H29ClN2O5S2/c1-2-3-16-36-28(33)21-37-26-6-4-5-23(18-26)20-32(39(34,35)27-13-11-25(30)12-14-27)19-22-7-9-24(10-8-22)29-31-15-17-38-29/h4-15,17-18H,2-3,16,19-21H2,1H3. The van der Waals surface area contributed by atoms with Gasteiger partial charge in [0.1, 0.15) is 10.8 Å². The summed E-state index contributed by atoms with van der Waals surface area (Å²) in [6.07, 6.45) is 3.48. The molecule has 0 bridgehead atoms. The monoisotopic (exact) mass is 584 g/mol. The third-order valence-electron chi connectivity index (χ3n) is 5.82. The minimum atomic E-state index is -3.87. The molecule has 0 aliphatic heterocycles. The quantitative estimate of drug-likeness (QED) is 0.130. The molecule has 0 atom stereocenters. The summed E-state index contributed by atoms with van der Waals surface area (Å²) in [5.74, 6) is 0.0126. The number of halogens is 1. The van der Waals surface area contributed by atoms with Crippen LogP contribution in [0.1, 0.15) is 30.9 Å². The number of hydrogen-bond acceptors (Lipinski definition) is 7. The van der Waals surface area contributed by atoms with E-state index in [0.29, 0.717) is 22.9 Å². The van der Waals surface area contributed by atoms with Gasteiger partial charge >= 0.3 is 5.97 Å². The summed E-state index contributed by atoms with van der Waals surface area (Å²) in [7, 11) is -3.87. The van der Waals surface area contributed by atoms with E-state index in [0.717, 1.165) is 29.0 Å². The molecule has 4 aromatic rings. The maximum atomic E-state index is 13.7. The van der Waals surface area contributed by atoms with E-state index in [1.807, 2.05) is 42.6 Å². The predicted molar refractivity (Wildman–Crippen MR) is 153 cm³/mol. The van der Waals surface area contributed by atoms with Gasteiger partial charge in [-0.05, 0) is 53.9 Å². The summed E-state index contributed by atoms with van der Waals surface area (Å²) in [6, 6.07) is 20.9. The lowest BCUT2D eigenvalue weighted by atomic mass is 10.1. The Labute approximate surface area is 238 Å². The summed E-state index contributed by atoms with van der Waals surface area (Å²) in [6.45, 7) is 2.41. The number of unbranched alkanes of at least 4 members (excludes halogenated alkanes) is 1. The summed E-state index contributed by atoms with van der Waals surface area (Å²) in [5, 5.41) is 3.27. The number of thiazole rings is 1. The van der Waals surface area contributed by atoms with E-state index < -0.39 is 16.0 Å². The Morgan fingerprint density at radius 2 is 1.74 bits per heavy atom. The first kappa shape index (κ1) is 28.8. The van der Waals surface area contributed by atoms with Crippen LogP contribution in [-0.4, -0.2) is 36.9 Å². The molecule has 1 aromatic heterocycles. The highest BCUT2D eigenvalue weighted by Crippen LogP contribution is 2.26. The smallest absolute Gasteiger partial charge is 0.344 e. The second kappa shape index (κ2) is 13.7. The van der Waals surface area contributed by atoms with E-state index in [1.165, 1.54) is 16.4 Å². The van der Waals surface area contributed by atoms with Crippen molar-refractivity contribution in [2.45, 2.75) is 37.8 Å². The van der Waals surface area contributed by atoms with E-state index in [2.05, 4.69) is 4.98 Å². The molecule has 7 nitrogen and oxygen atoms in total. The van der Waals surface area contributed by atoms with Gasteiger partial charge in [0.15, 0.2) is 6.61 Å². The lowest BCUT2D eigenvalue weighted by Crippen LogP contribution is -2.30. The van der Waals surface area contributed by atoms with Crippen LogP contribution in [0.5, 0.6) is 5.75 Å². The zero-order valence-electron chi connectivity index (χ0n) is 21.5. The largest absolute Gasteiger partial charge is 0.482 e. The van der Waals surface area contributed by atoms with E-state index in [-0.39, 0.29) is 24.6 Å². The van der Waals surface area contributed by atoms with Crippen LogP contribution in [0.2, 0.25) is 5.02 Å². The van der Waals surface area contributed by atoms with Crippen molar-refractivity contribution in [1.29, 1.82) is 0 Å². The highest BCUT2D eigenvalue weighted by atomic mass is 35.5. The summed E-state index contributed by atoms with van der Waals surface area (Å²) in [5.41, 5.74) is 2.51. The van der Waals surface area contributed by atoms with Crippen LogP contribution in [0.3, 0.4) is 0 Å². The maximum Gasteiger partial charge on any atom is 0.344 e. The minimum Gasteiger partial charge on any atom is -0.482 e. The molecule has 204 valence electrons. The van der Waals surface area contributed by atoms with Crippen LogP contribution in [0, 0.1) is 0 Å². The van der Waals surface area contributed by atoms with E-state index >= 15 is 0 Å². The second-order valence-electron chi connectivity index (χ2n) is 8.77. The number of benzene rings is 3. The number of esters is 1. The van der Waals surface area contributed by atoms with Crippen LogP contribution in [0.25, 0.3) is 10.6 Å². The zero-order valence-corrected chi connectivity index (χ0v) is 23.8. The average Bonchev–Trinajstić information content (AvgIpc) is 3.48. The number of carbonyl (C=O) groups excluding carboxylic acids is 1. The zero-order chi connectivity index (χ0) is 27.7. The first-order chi connectivity index (χ1) is 18.8. The molecular weight excluding hydrogens is 556 g/mol. The number of nitrogens with zero attached hydrogens (tertiary/aromatic N) is 2. The number of hydrogen-bond donors (Lipinski definition) is 0. The molecule has 0 radical (unpaired) electrons. The number of aromatic nitrogens is 1. The van der Waals surface area contributed by atoms with E-state index in [4.69, 9.17) is 21.1 Å². The molecule has 0 aliphatic carbocycles. The Morgan fingerprint density at radius 1 is 1.00 bits per heavy atom. The van der Waals surface area contributed by atoms with Gasteiger partial charge < -0.3 is 9.47 Å². The number of ether oxygens (including phenoxy) is 2. The Balaban J connectivity index is 1.53. The molecule has 0 amide bonds. The topological polar surface area (TPSA) is 85.8 Å². The fourth-order valence-corrected chi connectivity index (χ4v) is 5.94. The molecule has 0 spiro atoms. The van der Waals surface area contributed by atoms with Crippen molar-refractivity contribution >= 4 is 38.9 Å². The Hall–Kier alpha value is -3.24. The lowest BCUT2D eigenvalue weighted by Gasteiger charge is -2.23. The van der Waals surface area contributed by atoms with Crippen molar-refractivity contribution < 1.29 is 22.7 Å². The molecule has 4 rings (SSSR count). The summed E-state index contributed by atoms with van der Waals surface area (Å²) < 4.78 is 39.6. The van der Waals surface area contributed by atoms with Crippen molar-refractivity contribution in [2.24, 2.45) is 0 Å². The fraction of sp³-hybridized carbons (Fsp3) is 0.241. The van der Waals surface area contributed by atoms with Crippen LogP contribution in [0.4, 0.5) is 0 Å². The Bertz CT molecular complexity index is 1460. The van der Waals surface area contributed by atoms with Gasteiger partial charge in [-0.25, -0.2) is 18.2 Å². The lowest BCUT2D eigenvalue weighted by molar-refractivity contribution is -0.146. The van der Waals surface area contributed by atoms with Gasteiger partial charge in [-0.3, -0.25) is 0 Å². The molecule has 0 N–H and O–H groups in total. The molecule has 0 saturated carbocycles. The van der Waals surface area contributed by atoms with Crippen molar-refractivity contribution in [2.75, 3.05) is 13.2 Å². The van der Waals surface area contributed by atoms with Crippen molar-refractivity contribution in [3.05, 3.63) is 101 Å². The van der Waals surface area contributed by atoms with Crippen LogP contribution in [-0.2, 0) is 32.6 Å². The van der Waals surface area contributed by atoms with Crippen molar-refractivity contribution in [3.63, 3.8) is 0 Å². The first-order valence-electron chi connectivity index (χ1n) is 12.5. The molecule has 10 heteroatoms. The van der Waals surface area contributed by atoms with Gasteiger partial charge in [-0.15, -0.1) is 11.3 Å². The van der Waals surface area contributed by atoms with Crippen LogP contribution in [0.15, 0.2) is 89.3 Å². The van der Waals surface area contributed by atoms with Crippen LogP contribution >= 0.6 is 22.9 Å². The van der Waals surface area contributed by atoms with Gasteiger partial charge in [0, 0.05) is 35.3 Å². The van der Waals surface area contributed by atoms with E-state index in [9.17, 15) is 13.2 Å². The van der Waals surface area contributed by atoms with Crippen molar-refractivity contribution in [3.8, 4) is 16.3 Å². The second-order valence-corrected chi connectivity index (χ2v) is 12.0. The third-order valence-corrected chi connectivity index (χ3v) is 8.70. The van der Waals surface area contributed by atoms with Crippen molar-refractivity contribution in [1.82, 2.24) is 9.29 Å². The maximum absolute atomic E-state index is 13.7. The molecule has 39 heavy (non-hydrogen) atoms. The fourth-order valence-electron chi connectivity index (χ4n) is 3.76. The highest BCUT2D eigenvalue weighted by Gasteiger charge is 2.25. The molecule has 3 aromatic carbocycles. The van der Waals surface area contributed by atoms with Gasteiger partial charge in [-0.1, -0.05) is 61.3 Å². The number of rotatable bonds is 13. The Morgan fingerprint density at radius 3 is 2.44 bits per heavy atom. The number of carbonyl (C=O) groups is 1. The van der Waals surface area contributed by atoms with Crippen LogP contribution < -0.4 is 4.74 Å². The van der Waals surface area contributed by atoms with Gasteiger partial charge in [-0.2, -0.15) is 4.31 Å². The summed E-state index contributed by atoms with van der Waals surface area (Å²) >= 11 is 7.55. The van der Waals surface area contributed by atoms with Gasteiger partial charge in [0.2, 0.25) is 10.0 Å². The minimum absolute atomic E-state index is 0.0946. The molecule has 1 heterocycles. The SMILES string of the molecule is CCCCOC(=O)COc1cccc(CN(Cc2ccc(-c3nccs3)cc2)S(=O)(=O)c2ccc(Cl)cc2)c1. The molecule has 0 fully saturated rings. The number of sulfonamides is 1. The molecular formula is C29H29ClN2O5S2. The molecule has 0 saturated heterocycles. The normalized spacial score (nSPS) is 11.5. The third kappa shape index (κ3) is 8.12. The average molecular weight is 585 g/mol. The van der Waals surface area contributed by atoms with E-state index in [1.54, 1.807) is 47.9 Å². The van der Waals surface area contributed by atoms with Gasteiger partial charge in [0.25, 0.3) is 0 Å². The first-order valence-corrected chi connectivity index (χ1v) is 15.2. The van der Waals surface area contributed by atoms with Gasteiger partial charge in [0.05, 0.1) is 11.5 Å². The molecule has 0 aliphatic rings. The highest BCUT2D eigenvalue weighted by molar-refractivity contribution is 7.89. The Kier molecular flexibility index (Phi) is 10.1. The predicted octanol–water partition coefficient (Wildman–Crippen LogP) is 6.58. The molecule has 0 unspecified atom stereocenters.